The van der Waals surface area contributed by atoms with Crippen molar-refractivity contribution in [2.75, 3.05) is 11.9 Å². The van der Waals surface area contributed by atoms with Crippen molar-refractivity contribution in [3.05, 3.63) is 12.1 Å². The summed E-state index contributed by atoms with van der Waals surface area (Å²) in [6.07, 6.45) is 4.58. The number of hydrogen-bond acceptors (Lipinski definition) is 6. The third-order valence-corrected chi connectivity index (χ3v) is 4.08. The van der Waals surface area contributed by atoms with Crippen molar-refractivity contribution < 1.29 is 0 Å². The van der Waals surface area contributed by atoms with E-state index in [0.29, 0.717) is 12.2 Å². The van der Waals surface area contributed by atoms with Crippen molar-refractivity contribution in [1.29, 1.82) is 0 Å². The van der Waals surface area contributed by atoms with Gasteiger partial charge in [-0.25, -0.2) is 0 Å². The Labute approximate surface area is 111 Å². The molecule has 1 aliphatic carbocycles. The molecule has 2 aromatic heterocycles. The van der Waals surface area contributed by atoms with Gasteiger partial charge in [-0.05, 0) is 54.2 Å². The molecule has 0 amide bonds. The second-order valence-corrected chi connectivity index (χ2v) is 5.54. The van der Waals surface area contributed by atoms with E-state index < -0.39 is 0 Å². The van der Waals surface area contributed by atoms with Gasteiger partial charge in [0.15, 0.2) is 5.65 Å². The normalized spacial score (nSPS) is 27.6. The van der Waals surface area contributed by atoms with Crippen LogP contribution in [0.5, 0.6) is 0 Å². The van der Waals surface area contributed by atoms with E-state index in [1.807, 2.05) is 12.1 Å². The summed E-state index contributed by atoms with van der Waals surface area (Å²) in [4.78, 5) is 0. The molecule has 3 N–H and O–H groups in total. The summed E-state index contributed by atoms with van der Waals surface area (Å²) < 4.78 is 1.43. The average Bonchev–Trinajstić information content (AvgIpc) is 2.89. The van der Waals surface area contributed by atoms with Gasteiger partial charge in [0.1, 0.15) is 5.82 Å². The fourth-order valence-corrected chi connectivity index (χ4v) is 2.68. The van der Waals surface area contributed by atoms with Crippen molar-refractivity contribution in [3.63, 3.8) is 0 Å². The highest BCUT2D eigenvalue weighted by atomic mass is 15.6. The molecule has 7 heteroatoms. The van der Waals surface area contributed by atoms with Gasteiger partial charge in [0.25, 0.3) is 0 Å². The fourth-order valence-electron chi connectivity index (χ4n) is 2.68. The van der Waals surface area contributed by atoms with Crippen LogP contribution in [0.4, 0.5) is 5.82 Å². The topological polar surface area (TPSA) is 94.0 Å². The molecule has 0 bridgehead atoms. The molecule has 0 atom stereocenters. The quantitative estimate of drug-likeness (QED) is 0.850. The van der Waals surface area contributed by atoms with E-state index in [4.69, 9.17) is 5.73 Å². The number of hydrogen-bond donors (Lipinski definition) is 2. The summed E-state index contributed by atoms with van der Waals surface area (Å²) in [7, 11) is 0. The van der Waals surface area contributed by atoms with Crippen molar-refractivity contribution in [3.8, 4) is 0 Å². The first-order valence-electron chi connectivity index (χ1n) is 6.74. The molecule has 1 aliphatic rings. The van der Waals surface area contributed by atoms with E-state index in [1.165, 1.54) is 17.5 Å². The third kappa shape index (κ3) is 2.37. The minimum absolute atomic E-state index is 0.0405. The first-order chi connectivity index (χ1) is 9.21. The van der Waals surface area contributed by atoms with Crippen LogP contribution in [-0.2, 0) is 0 Å². The summed E-state index contributed by atoms with van der Waals surface area (Å²) in [6, 6.07) is 3.76. The number of nitrogens with two attached hydrogens (primary N) is 1. The molecular formula is C12H19N7. The second-order valence-electron chi connectivity index (χ2n) is 5.54. The molecule has 0 saturated heterocycles. The van der Waals surface area contributed by atoms with E-state index in [1.54, 1.807) is 0 Å². The smallest absolute Gasteiger partial charge is 0.200 e. The van der Waals surface area contributed by atoms with Crippen LogP contribution in [-0.4, -0.2) is 37.3 Å². The first kappa shape index (κ1) is 12.3. The monoisotopic (exact) mass is 261 g/mol. The highest BCUT2D eigenvalue weighted by molar-refractivity contribution is 5.44. The van der Waals surface area contributed by atoms with Gasteiger partial charge >= 0.3 is 0 Å². The number of nitrogens with zero attached hydrogens (tertiary/aromatic N) is 5. The molecule has 2 aromatic rings. The summed E-state index contributed by atoms with van der Waals surface area (Å²) >= 11 is 0. The third-order valence-electron chi connectivity index (χ3n) is 4.08. The molecule has 1 fully saturated rings. The van der Waals surface area contributed by atoms with Crippen LogP contribution in [0.1, 0.15) is 32.6 Å². The van der Waals surface area contributed by atoms with Gasteiger partial charge in [0, 0.05) is 6.54 Å². The highest BCUT2D eigenvalue weighted by Gasteiger charge is 2.33. The van der Waals surface area contributed by atoms with E-state index in [2.05, 4.69) is 32.9 Å². The Balaban J connectivity index is 1.81. The maximum Gasteiger partial charge on any atom is 0.200 e. The van der Waals surface area contributed by atoms with Crippen LogP contribution < -0.4 is 11.1 Å². The van der Waals surface area contributed by atoms with Crippen LogP contribution >= 0.6 is 0 Å². The maximum atomic E-state index is 5.99. The van der Waals surface area contributed by atoms with Gasteiger partial charge in [-0.1, -0.05) is 6.92 Å². The van der Waals surface area contributed by atoms with Crippen LogP contribution in [0.3, 0.4) is 0 Å². The zero-order valence-corrected chi connectivity index (χ0v) is 11.1. The number of rotatable bonds is 3. The zero-order chi connectivity index (χ0) is 13.3. The lowest BCUT2D eigenvalue weighted by atomic mass is 9.77. The van der Waals surface area contributed by atoms with Crippen molar-refractivity contribution in [2.24, 2.45) is 11.7 Å². The average molecular weight is 261 g/mol. The molecule has 19 heavy (non-hydrogen) atoms. The SMILES string of the molecule is CC1CCC(CN)(Nc2ccc3nnnn3n2)CC1. The Hall–Kier alpha value is -1.76. The summed E-state index contributed by atoms with van der Waals surface area (Å²) in [6.45, 7) is 2.92. The van der Waals surface area contributed by atoms with E-state index in [0.717, 1.165) is 24.6 Å². The van der Waals surface area contributed by atoms with Gasteiger partial charge in [-0.2, -0.15) is 0 Å². The Morgan fingerprint density at radius 2 is 2.21 bits per heavy atom. The predicted octanol–water partition coefficient (Wildman–Crippen LogP) is 0.839. The number of fused-ring (bicyclic) bond motifs is 1. The lowest BCUT2D eigenvalue weighted by molar-refractivity contribution is 0.271. The number of aromatic nitrogens is 5. The molecule has 0 radical (unpaired) electrons. The molecule has 0 spiro atoms. The Morgan fingerprint density at radius 1 is 1.42 bits per heavy atom. The minimum atomic E-state index is -0.0405. The molecule has 7 nitrogen and oxygen atoms in total. The predicted molar refractivity (Wildman–Crippen MR) is 71.6 cm³/mol. The van der Waals surface area contributed by atoms with Gasteiger partial charge < -0.3 is 11.1 Å². The first-order valence-corrected chi connectivity index (χ1v) is 6.74. The number of tetrazole rings is 1. The van der Waals surface area contributed by atoms with Crippen LogP contribution in [0.15, 0.2) is 12.1 Å². The standard InChI is InChI=1S/C12H19N7/c1-9-4-6-12(8-13,7-5-9)14-10-2-3-11-15-17-18-19(11)16-10/h2-3,9H,4-8,13H2,1H3,(H,14,16). The van der Waals surface area contributed by atoms with E-state index in [-0.39, 0.29) is 5.54 Å². The maximum absolute atomic E-state index is 5.99. The molecule has 0 unspecified atom stereocenters. The van der Waals surface area contributed by atoms with Crippen molar-refractivity contribution in [1.82, 2.24) is 25.3 Å². The Bertz CT molecular complexity index is 556. The molecule has 2 heterocycles. The Kier molecular flexibility index (Phi) is 3.06. The van der Waals surface area contributed by atoms with Gasteiger partial charge in [-0.3, -0.25) is 0 Å². The summed E-state index contributed by atoms with van der Waals surface area (Å²) in [5.74, 6) is 1.57. The molecular weight excluding hydrogens is 242 g/mol. The minimum Gasteiger partial charge on any atom is -0.362 e. The Morgan fingerprint density at radius 3 is 2.95 bits per heavy atom. The lowest BCUT2D eigenvalue weighted by Gasteiger charge is -2.39. The number of nitrogens with one attached hydrogen (secondary N) is 1. The summed E-state index contributed by atoms with van der Waals surface area (Å²) in [5, 5.41) is 19.1. The van der Waals surface area contributed by atoms with Crippen molar-refractivity contribution >= 4 is 11.5 Å². The van der Waals surface area contributed by atoms with Gasteiger partial charge in [0.05, 0.1) is 5.54 Å². The second kappa shape index (κ2) is 4.73. The molecule has 1 saturated carbocycles. The van der Waals surface area contributed by atoms with Gasteiger partial charge in [0.2, 0.25) is 0 Å². The van der Waals surface area contributed by atoms with Crippen LogP contribution in [0.25, 0.3) is 5.65 Å². The van der Waals surface area contributed by atoms with Crippen LogP contribution in [0.2, 0.25) is 0 Å². The molecule has 0 aromatic carbocycles. The highest BCUT2D eigenvalue weighted by Crippen LogP contribution is 2.33. The number of anilines is 1. The fraction of sp³-hybridized carbons (Fsp3) is 0.667. The van der Waals surface area contributed by atoms with Crippen LogP contribution in [0, 0.1) is 5.92 Å². The summed E-state index contributed by atoms with van der Waals surface area (Å²) in [5.41, 5.74) is 6.59. The molecule has 0 aliphatic heterocycles. The van der Waals surface area contributed by atoms with Crippen molar-refractivity contribution in [2.45, 2.75) is 38.1 Å². The largest absolute Gasteiger partial charge is 0.362 e. The molecule has 3 rings (SSSR count). The van der Waals surface area contributed by atoms with E-state index in [9.17, 15) is 0 Å². The lowest BCUT2D eigenvalue weighted by Crippen LogP contribution is -2.48. The van der Waals surface area contributed by atoms with E-state index >= 15 is 0 Å². The van der Waals surface area contributed by atoms with Gasteiger partial charge in [-0.15, -0.1) is 14.8 Å². The molecule has 102 valence electrons. The zero-order valence-electron chi connectivity index (χ0n) is 11.1.